The number of ether oxygens (including phenoxy) is 2. The van der Waals surface area contributed by atoms with Gasteiger partial charge in [0.2, 0.25) is 0 Å². The Hall–Kier alpha value is -0.0800. The number of hydrogen-bond donors (Lipinski definition) is 2. The number of halogens is 1. The molecular weight excluding hydrogens is 357 g/mol. The van der Waals surface area contributed by atoms with Crippen molar-refractivity contribution in [3.8, 4) is 0 Å². The van der Waals surface area contributed by atoms with Gasteiger partial charge >= 0.3 is 0 Å². The average Bonchev–Trinajstić information content (AvgIpc) is 2.89. The van der Waals surface area contributed by atoms with Gasteiger partial charge in [-0.25, -0.2) is 0 Å². The third kappa shape index (κ3) is 9.45. The number of rotatable bonds is 8. The fourth-order valence-corrected chi connectivity index (χ4v) is 1.97. The van der Waals surface area contributed by atoms with Crippen molar-refractivity contribution in [3.63, 3.8) is 0 Å². The summed E-state index contributed by atoms with van der Waals surface area (Å²) in [5, 5.41) is 6.58. The molecule has 1 atom stereocenters. The smallest absolute Gasteiger partial charge is 0.190 e. The lowest BCUT2D eigenvalue weighted by Crippen LogP contribution is -2.39. The Balaban J connectivity index is 0.00000324. The van der Waals surface area contributed by atoms with Crippen LogP contribution in [0.2, 0.25) is 0 Å². The van der Waals surface area contributed by atoms with Gasteiger partial charge in [0.1, 0.15) is 0 Å². The minimum absolute atomic E-state index is 0. The van der Waals surface area contributed by atoms with Crippen molar-refractivity contribution in [2.75, 3.05) is 40.0 Å². The molecule has 1 aliphatic heterocycles. The van der Waals surface area contributed by atoms with Gasteiger partial charge in [0.15, 0.2) is 5.96 Å². The van der Waals surface area contributed by atoms with E-state index < -0.39 is 0 Å². The quantitative estimate of drug-likeness (QED) is 0.290. The Labute approximate surface area is 133 Å². The van der Waals surface area contributed by atoms with E-state index in [9.17, 15) is 0 Å². The Bertz CT molecular complexity index is 234. The maximum absolute atomic E-state index is 5.58. The summed E-state index contributed by atoms with van der Waals surface area (Å²) < 4.78 is 10.9. The number of aliphatic imine (C=N–C) groups is 1. The van der Waals surface area contributed by atoms with E-state index in [0.29, 0.717) is 6.10 Å². The molecule has 0 aromatic carbocycles. The van der Waals surface area contributed by atoms with E-state index in [1.54, 1.807) is 7.05 Å². The monoisotopic (exact) mass is 385 g/mol. The van der Waals surface area contributed by atoms with Crippen LogP contribution < -0.4 is 10.6 Å². The number of guanidine groups is 1. The highest BCUT2D eigenvalue weighted by atomic mass is 127. The molecule has 1 unspecified atom stereocenters. The van der Waals surface area contributed by atoms with Crippen molar-refractivity contribution in [1.82, 2.24) is 10.6 Å². The van der Waals surface area contributed by atoms with Gasteiger partial charge in [-0.2, -0.15) is 0 Å². The Kier molecular flexibility index (Phi) is 12.9. The summed E-state index contributed by atoms with van der Waals surface area (Å²) >= 11 is 0. The van der Waals surface area contributed by atoms with Crippen molar-refractivity contribution >= 4 is 29.9 Å². The first-order valence-electron chi connectivity index (χ1n) is 7.00. The highest BCUT2D eigenvalue weighted by Gasteiger charge is 2.14. The molecule has 0 saturated carbocycles. The predicted molar refractivity (Wildman–Crippen MR) is 89.5 cm³/mol. The zero-order valence-electron chi connectivity index (χ0n) is 12.1. The normalized spacial score (nSPS) is 19.1. The highest BCUT2D eigenvalue weighted by molar-refractivity contribution is 14.0. The van der Waals surface area contributed by atoms with E-state index in [-0.39, 0.29) is 24.0 Å². The van der Waals surface area contributed by atoms with E-state index in [2.05, 4.69) is 15.6 Å². The predicted octanol–water partition coefficient (Wildman–Crippen LogP) is 1.77. The fourth-order valence-electron chi connectivity index (χ4n) is 1.97. The first-order valence-corrected chi connectivity index (χ1v) is 7.00. The second kappa shape index (κ2) is 12.9. The molecule has 114 valence electrons. The van der Waals surface area contributed by atoms with Gasteiger partial charge in [-0.15, -0.1) is 24.0 Å². The molecule has 0 spiro atoms. The molecular formula is C13H28IN3O2. The van der Waals surface area contributed by atoms with Crippen LogP contribution in [0.4, 0.5) is 0 Å². The minimum atomic E-state index is 0. The van der Waals surface area contributed by atoms with Crippen LogP contribution in [-0.2, 0) is 9.47 Å². The Morgan fingerprint density at radius 2 is 2.16 bits per heavy atom. The zero-order chi connectivity index (χ0) is 13.1. The Morgan fingerprint density at radius 3 is 2.79 bits per heavy atom. The van der Waals surface area contributed by atoms with Gasteiger partial charge in [0.25, 0.3) is 0 Å². The molecule has 1 heterocycles. The maximum atomic E-state index is 5.58. The summed E-state index contributed by atoms with van der Waals surface area (Å²) in [5.74, 6) is 0.865. The van der Waals surface area contributed by atoms with Crippen molar-refractivity contribution in [1.29, 1.82) is 0 Å². The lowest BCUT2D eigenvalue weighted by Gasteiger charge is -2.13. The molecule has 0 aromatic heterocycles. The van der Waals surface area contributed by atoms with E-state index in [0.717, 1.165) is 51.7 Å². The van der Waals surface area contributed by atoms with Crippen molar-refractivity contribution in [2.45, 2.75) is 38.7 Å². The molecule has 19 heavy (non-hydrogen) atoms. The molecule has 0 bridgehead atoms. The van der Waals surface area contributed by atoms with Crippen molar-refractivity contribution in [2.24, 2.45) is 4.99 Å². The molecule has 1 rings (SSSR count). The van der Waals surface area contributed by atoms with Crippen LogP contribution in [0.5, 0.6) is 0 Å². The molecule has 2 N–H and O–H groups in total. The summed E-state index contributed by atoms with van der Waals surface area (Å²) in [4.78, 5) is 4.18. The van der Waals surface area contributed by atoms with Gasteiger partial charge < -0.3 is 20.1 Å². The average molecular weight is 385 g/mol. The van der Waals surface area contributed by atoms with Gasteiger partial charge in [-0.3, -0.25) is 4.99 Å². The van der Waals surface area contributed by atoms with E-state index in [1.165, 1.54) is 12.8 Å². The zero-order valence-corrected chi connectivity index (χ0v) is 14.4. The van der Waals surface area contributed by atoms with Crippen LogP contribution in [0.25, 0.3) is 0 Å². The van der Waals surface area contributed by atoms with Gasteiger partial charge in [0, 0.05) is 40.0 Å². The molecule has 0 amide bonds. The van der Waals surface area contributed by atoms with Crippen LogP contribution in [0.3, 0.4) is 0 Å². The van der Waals surface area contributed by atoms with Crippen LogP contribution in [-0.4, -0.2) is 52.0 Å². The van der Waals surface area contributed by atoms with Crippen molar-refractivity contribution < 1.29 is 9.47 Å². The van der Waals surface area contributed by atoms with E-state index in [1.807, 2.05) is 6.92 Å². The molecule has 0 radical (unpaired) electrons. The number of hydrogen-bond acceptors (Lipinski definition) is 3. The lowest BCUT2D eigenvalue weighted by molar-refractivity contribution is 0.105. The summed E-state index contributed by atoms with van der Waals surface area (Å²) in [5.41, 5.74) is 0. The highest BCUT2D eigenvalue weighted by Crippen LogP contribution is 2.14. The Morgan fingerprint density at radius 1 is 1.37 bits per heavy atom. The summed E-state index contributed by atoms with van der Waals surface area (Å²) in [6.45, 7) is 6.33. The van der Waals surface area contributed by atoms with E-state index in [4.69, 9.17) is 9.47 Å². The van der Waals surface area contributed by atoms with Crippen molar-refractivity contribution in [3.05, 3.63) is 0 Å². The molecule has 6 heteroatoms. The molecule has 1 fully saturated rings. The summed E-state index contributed by atoms with van der Waals surface area (Å²) in [6, 6.07) is 0. The number of nitrogens with zero attached hydrogens (tertiary/aromatic N) is 1. The first kappa shape index (κ1) is 18.9. The first-order chi connectivity index (χ1) is 8.86. The molecule has 1 saturated heterocycles. The van der Waals surface area contributed by atoms with Crippen LogP contribution in [0.15, 0.2) is 4.99 Å². The second-order valence-electron chi connectivity index (χ2n) is 4.40. The molecule has 0 aromatic rings. The summed E-state index contributed by atoms with van der Waals surface area (Å²) in [6.07, 6.45) is 4.89. The van der Waals surface area contributed by atoms with Crippen LogP contribution in [0.1, 0.15) is 32.6 Å². The number of nitrogens with one attached hydrogen (secondary N) is 2. The minimum Gasteiger partial charge on any atom is -0.382 e. The molecule has 0 aliphatic carbocycles. The van der Waals surface area contributed by atoms with Gasteiger partial charge in [0.05, 0.1) is 6.10 Å². The summed E-state index contributed by atoms with van der Waals surface area (Å²) in [7, 11) is 1.80. The largest absolute Gasteiger partial charge is 0.382 e. The fraction of sp³-hybridized carbons (Fsp3) is 0.923. The van der Waals surface area contributed by atoms with Gasteiger partial charge in [-0.05, 0) is 32.6 Å². The van der Waals surface area contributed by atoms with Crippen LogP contribution in [0, 0.1) is 0 Å². The van der Waals surface area contributed by atoms with E-state index >= 15 is 0 Å². The van der Waals surface area contributed by atoms with Crippen LogP contribution >= 0.6 is 24.0 Å². The van der Waals surface area contributed by atoms with Gasteiger partial charge in [-0.1, -0.05) is 0 Å². The lowest BCUT2D eigenvalue weighted by atomic mass is 10.2. The molecule has 1 aliphatic rings. The standard InChI is InChI=1S/C13H27N3O2.HI/c1-3-17-10-5-8-15-13(14-2)16-9-7-12-6-4-11-18-12;/h12H,3-11H2,1-2H3,(H2,14,15,16);1H. The SMILES string of the molecule is CCOCCCNC(=NC)NCCC1CCCO1.I. The third-order valence-corrected chi connectivity index (χ3v) is 2.97. The molecule has 5 nitrogen and oxygen atoms in total. The topological polar surface area (TPSA) is 54.9 Å². The third-order valence-electron chi connectivity index (χ3n) is 2.97. The maximum Gasteiger partial charge on any atom is 0.190 e. The second-order valence-corrected chi connectivity index (χ2v) is 4.40.